The fourth-order valence-corrected chi connectivity index (χ4v) is 3.22. The molecule has 0 fully saturated rings. The van der Waals surface area contributed by atoms with Gasteiger partial charge in [0.25, 0.3) is 0 Å². The lowest BCUT2D eigenvalue weighted by atomic mass is 9.97. The predicted molar refractivity (Wildman–Crippen MR) is 116 cm³/mol. The Labute approximate surface area is 173 Å². The molecule has 0 spiro atoms. The molecule has 0 heterocycles. The fourth-order valence-electron chi connectivity index (χ4n) is 3.09. The molecule has 0 aliphatic heterocycles. The number of unbranched alkanes of at least 4 members (excludes halogenated alkanes) is 6. The first-order valence-corrected chi connectivity index (χ1v) is 10.6. The van der Waals surface area contributed by atoms with Gasteiger partial charge in [-0.2, -0.15) is 0 Å². The van der Waals surface area contributed by atoms with Crippen LogP contribution in [0, 0.1) is 0 Å². The van der Waals surface area contributed by atoms with Crippen LogP contribution in [-0.4, -0.2) is 17.7 Å². The van der Waals surface area contributed by atoms with E-state index in [1.54, 1.807) is 12.1 Å². The molecule has 0 aromatic heterocycles. The maximum Gasteiger partial charge on any atom is 0.329 e. The quantitative estimate of drug-likeness (QED) is 0.306. The lowest BCUT2D eigenvalue weighted by Gasteiger charge is -2.17. The molecule has 0 saturated carbocycles. The summed E-state index contributed by atoms with van der Waals surface area (Å²) in [6.45, 7) is 4.48. The number of rotatable bonds is 12. The summed E-state index contributed by atoms with van der Waals surface area (Å²) in [4.78, 5) is 9.84. The molecule has 0 radical (unpaired) electrons. The van der Waals surface area contributed by atoms with Crippen molar-refractivity contribution in [3.63, 3.8) is 0 Å². The maximum absolute atomic E-state index is 11.3. The van der Waals surface area contributed by atoms with Crippen molar-refractivity contribution >= 4 is 17.6 Å². The van der Waals surface area contributed by atoms with Crippen molar-refractivity contribution in [1.82, 2.24) is 0 Å². The number of alkyl halides is 1. The van der Waals surface area contributed by atoms with E-state index in [-0.39, 0.29) is 0 Å². The van der Waals surface area contributed by atoms with Crippen LogP contribution in [0.4, 0.5) is 0 Å². The van der Waals surface area contributed by atoms with E-state index in [4.69, 9.17) is 16.3 Å². The van der Waals surface area contributed by atoms with Crippen molar-refractivity contribution in [3.05, 3.63) is 54.1 Å². The zero-order valence-electron chi connectivity index (χ0n) is 16.9. The summed E-state index contributed by atoms with van der Waals surface area (Å²) in [5.41, 5.74) is 2.64. The van der Waals surface area contributed by atoms with E-state index in [9.17, 15) is 9.90 Å². The van der Waals surface area contributed by atoms with Crippen molar-refractivity contribution in [2.45, 2.75) is 63.7 Å². The van der Waals surface area contributed by atoms with Crippen LogP contribution < -0.4 is 4.74 Å². The fraction of sp³-hybridized carbons (Fsp3) is 0.458. The van der Waals surface area contributed by atoms with Gasteiger partial charge in [-0.15, -0.1) is 11.6 Å². The second-order valence-electron chi connectivity index (χ2n) is 7.38. The van der Waals surface area contributed by atoms with Gasteiger partial charge in [0, 0.05) is 0 Å². The number of carboxylic acid groups (broad SMARTS) is 1. The molecule has 1 atom stereocenters. The van der Waals surface area contributed by atoms with Crippen LogP contribution in [0.2, 0.25) is 0 Å². The summed E-state index contributed by atoms with van der Waals surface area (Å²) >= 11 is 6.10. The third-order valence-corrected chi connectivity index (χ3v) is 5.41. The number of ether oxygens (including phenoxy) is 1. The first-order chi connectivity index (χ1) is 13.4. The van der Waals surface area contributed by atoms with E-state index < -0.39 is 10.8 Å². The van der Waals surface area contributed by atoms with Gasteiger partial charge in [-0.1, -0.05) is 81.8 Å². The third-order valence-electron chi connectivity index (χ3n) is 5.03. The standard InChI is InChI=1S/C24H31ClO3/c1-3-4-5-6-7-8-9-18-28-22-16-12-20(13-17-22)19-10-14-21(15-11-19)24(2,25)23(26)27/h10-17H,3-9,18H2,1-2H3,(H,26,27)/t24-/m1/s1. The van der Waals surface area contributed by atoms with Gasteiger partial charge >= 0.3 is 5.97 Å². The van der Waals surface area contributed by atoms with E-state index in [1.807, 2.05) is 36.4 Å². The van der Waals surface area contributed by atoms with Gasteiger partial charge in [0.15, 0.2) is 4.87 Å². The highest BCUT2D eigenvalue weighted by molar-refractivity contribution is 6.33. The number of aliphatic carboxylic acids is 1. The highest BCUT2D eigenvalue weighted by Gasteiger charge is 2.32. The van der Waals surface area contributed by atoms with Gasteiger partial charge < -0.3 is 9.84 Å². The zero-order valence-corrected chi connectivity index (χ0v) is 17.7. The van der Waals surface area contributed by atoms with E-state index in [1.165, 1.54) is 45.4 Å². The van der Waals surface area contributed by atoms with Crippen molar-refractivity contribution in [1.29, 1.82) is 0 Å². The van der Waals surface area contributed by atoms with Crippen molar-refractivity contribution in [2.24, 2.45) is 0 Å². The Kier molecular flexibility index (Phi) is 8.85. The third kappa shape index (κ3) is 6.56. The number of benzene rings is 2. The molecule has 0 bridgehead atoms. The number of hydrogen-bond acceptors (Lipinski definition) is 2. The average Bonchev–Trinajstić information content (AvgIpc) is 2.70. The Morgan fingerprint density at radius 1 is 0.893 bits per heavy atom. The smallest absolute Gasteiger partial charge is 0.329 e. The SMILES string of the molecule is CCCCCCCCCOc1ccc(-c2ccc([C@@](C)(Cl)C(=O)O)cc2)cc1. The summed E-state index contributed by atoms with van der Waals surface area (Å²) in [5.74, 6) is -0.171. The second kappa shape index (κ2) is 11.1. The Hall–Kier alpha value is -2.00. The van der Waals surface area contributed by atoms with Gasteiger partial charge in [0.1, 0.15) is 5.75 Å². The van der Waals surface area contributed by atoms with Gasteiger partial charge in [-0.3, -0.25) is 0 Å². The first kappa shape index (κ1) is 22.3. The Balaban J connectivity index is 1.81. The largest absolute Gasteiger partial charge is 0.494 e. The molecule has 0 aliphatic carbocycles. The topological polar surface area (TPSA) is 46.5 Å². The molecular formula is C24H31ClO3. The highest BCUT2D eigenvalue weighted by Crippen LogP contribution is 2.31. The lowest BCUT2D eigenvalue weighted by Crippen LogP contribution is -2.25. The minimum atomic E-state index is -1.41. The molecule has 0 unspecified atom stereocenters. The minimum absolute atomic E-state index is 0.570. The second-order valence-corrected chi connectivity index (χ2v) is 8.14. The van der Waals surface area contributed by atoms with Gasteiger partial charge in [0.05, 0.1) is 6.61 Å². The minimum Gasteiger partial charge on any atom is -0.494 e. The van der Waals surface area contributed by atoms with Crippen LogP contribution in [0.5, 0.6) is 5.75 Å². The molecule has 1 N–H and O–H groups in total. The van der Waals surface area contributed by atoms with Crippen LogP contribution in [0.1, 0.15) is 64.4 Å². The first-order valence-electron chi connectivity index (χ1n) is 10.2. The summed E-state index contributed by atoms with van der Waals surface area (Å²) in [6.07, 6.45) is 8.92. The number of carboxylic acids is 1. The van der Waals surface area contributed by atoms with Crippen LogP contribution >= 0.6 is 11.6 Å². The van der Waals surface area contributed by atoms with Crippen molar-refractivity contribution in [3.8, 4) is 16.9 Å². The van der Waals surface area contributed by atoms with Crippen LogP contribution in [0.3, 0.4) is 0 Å². The van der Waals surface area contributed by atoms with Gasteiger partial charge in [-0.25, -0.2) is 4.79 Å². The number of hydrogen-bond donors (Lipinski definition) is 1. The van der Waals surface area contributed by atoms with Crippen LogP contribution in [0.15, 0.2) is 48.5 Å². The molecule has 4 heteroatoms. The van der Waals surface area contributed by atoms with Gasteiger partial charge in [-0.05, 0) is 42.2 Å². The van der Waals surface area contributed by atoms with Crippen LogP contribution in [-0.2, 0) is 9.67 Å². The van der Waals surface area contributed by atoms with Crippen molar-refractivity contribution < 1.29 is 14.6 Å². The average molecular weight is 403 g/mol. The van der Waals surface area contributed by atoms with Gasteiger partial charge in [0.2, 0.25) is 0 Å². The van der Waals surface area contributed by atoms with Crippen LogP contribution in [0.25, 0.3) is 11.1 Å². The van der Waals surface area contributed by atoms with E-state index >= 15 is 0 Å². The number of carbonyl (C=O) groups is 1. The molecule has 2 aromatic carbocycles. The lowest BCUT2D eigenvalue weighted by molar-refractivity contribution is -0.139. The monoisotopic (exact) mass is 402 g/mol. The Bertz CT molecular complexity index is 721. The molecule has 152 valence electrons. The summed E-state index contributed by atoms with van der Waals surface area (Å²) in [6, 6.07) is 15.3. The summed E-state index contributed by atoms with van der Waals surface area (Å²) in [7, 11) is 0. The molecule has 0 amide bonds. The molecule has 28 heavy (non-hydrogen) atoms. The highest BCUT2D eigenvalue weighted by atomic mass is 35.5. The normalized spacial score (nSPS) is 13.1. The summed E-state index contributed by atoms with van der Waals surface area (Å²) in [5, 5.41) is 9.22. The van der Waals surface area contributed by atoms with E-state index in [2.05, 4.69) is 6.92 Å². The maximum atomic E-state index is 11.3. The Morgan fingerprint density at radius 2 is 1.39 bits per heavy atom. The zero-order chi connectivity index (χ0) is 20.4. The predicted octanol–water partition coefficient (Wildman–Crippen LogP) is 7.02. The summed E-state index contributed by atoms with van der Waals surface area (Å²) < 4.78 is 5.83. The van der Waals surface area contributed by atoms with E-state index in [0.717, 1.165) is 29.9 Å². The van der Waals surface area contributed by atoms with E-state index in [0.29, 0.717) is 5.56 Å². The number of halogens is 1. The Morgan fingerprint density at radius 3 is 1.93 bits per heavy atom. The molecule has 0 aliphatic rings. The molecule has 0 saturated heterocycles. The molecule has 2 rings (SSSR count). The molecule has 2 aromatic rings. The molecular weight excluding hydrogens is 372 g/mol. The van der Waals surface area contributed by atoms with Crippen molar-refractivity contribution in [2.75, 3.05) is 6.61 Å². The molecule has 3 nitrogen and oxygen atoms in total.